The minimum absolute atomic E-state index is 0.315. The smallest absolute Gasteiger partial charge is 0.224 e. The molecule has 150 valence electrons. The molecule has 0 aliphatic carbocycles. The number of aromatic nitrogens is 3. The Kier molecular flexibility index (Phi) is 5.13. The standard InChI is InChI=1S/C22H26N6O/c1-2-6-20-17(4-1)14-19(15-24-20)28-9-3-5-18(16-28)25-22-23-8-7-21(26-22)27-10-12-29-13-11-27/h1-2,4,6-8,14-15,18H,3,5,9-13,16H2,(H,23,25,26)/t18-/m1/s1. The number of ether oxygens (including phenoxy) is 1. The molecule has 1 atom stereocenters. The third kappa shape index (κ3) is 4.10. The fraction of sp³-hybridized carbons (Fsp3) is 0.409. The lowest BCUT2D eigenvalue weighted by Crippen LogP contribution is -2.42. The lowest BCUT2D eigenvalue weighted by Gasteiger charge is -2.35. The van der Waals surface area contributed by atoms with Crippen molar-refractivity contribution in [1.82, 2.24) is 15.0 Å². The van der Waals surface area contributed by atoms with Crippen LogP contribution in [0.3, 0.4) is 0 Å². The van der Waals surface area contributed by atoms with Crippen molar-refractivity contribution in [2.24, 2.45) is 0 Å². The predicted molar refractivity (Wildman–Crippen MR) is 116 cm³/mol. The van der Waals surface area contributed by atoms with Crippen molar-refractivity contribution in [2.45, 2.75) is 18.9 Å². The number of anilines is 3. The Morgan fingerprint density at radius 3 is 2.83 bits per heavy atom. The molecule has 0 amide bonds. The van der Waals surface area contributed by atoms with Crippen molar-refractivity contribution in [3.05, 3.63) is 48.8 Å². The Bertz CT molecular complexity index is 974. The SMILES string of the molecule is c1ccc2ncc(N3CCC[C@@H](Nc4nccc(N5CCOCC5)n4)C3)cc2c1. The summed E-state index contributed by atoms with van der Waals surface area (Å²) < 4.78 is 5.44. The summed E-state index contributed by atoms with van der Waals surface area (Å²) in [6.45, 7) is 5.23. The summed E-state index contributed by atoms with van der Waals surface area (Å²) in [6.07, 6.45) is 6.07. The van der Waals surface area contributed by atoms with Crippen LogP contribution < -0.4 is 15.1 Å². The van der Waals surface area contributed by atoms with E-state index in [1.165, 1.54) is 11.1 Å². The zero-order valence-corrected chi connectivity index (χ0v) is 16.5. The van der Waals surface area contributed by atoms with Gasteiger partial charge in [-0.1, -0.05) is 18.2 Å². The van der Waals surface area contributed by atoms with Crippen LogP contribution in [0.1, 0.15) is 12.8 Å². The van der Waals surface area contributed by atoms with Crippen LogP contribution in [0, 0.1) is 0 Å². The maximum atomic E-state index is 5.44. The van der Waals surface area contributed by atoms with Gasteiger partial charge in [0.05, 0.1) is 30.6 Å². The molecule has 0 radical (unpaired) electrons. The average molecular weight is 390 g/mol. The molecule has 1 aromatic carbocycles. The van der Waals surface area contributed by atoms with Gasteiger partial charge in [-0.15, -0.1) is 0 Å². The second-order valence-electron chi connectivity index (χ2n) is 7.65. The van der Waals surface area contributed by atoms with Crippen molar-refractivity contribution in [2.75, 3.05) is 54.5 Å². The predicted octanol–water partition coefficient (Wildman–Crippen LogP) is 2.94. The maximum absolute atomic E-state index is 5.44. The van der Waals surface area contributed by atoms with Crippen LogP contribution in [0.25, 0.3) is 10.9 Å². The van der Waals surface area contributed by atoms with Crippen LogP contribution >= 0.6 is 0 Å². The molecular formula is C22H26N6O. The number of para-hydroxylation sites is 1. The first-order valence-corrected chi connectivity index (χ1v) is 10.4. The van der Waals surface area contributed by atoms with Crippen LogP contribution in [0.15, 0.2) is 48.8 Å². The Hall–Kier alpha value is -2.93. The second kappa shape index (κ2) is 8.21. The van der Waals surface area contributed by atoms with Gasteiger partial charge in [-0.3, -0.25) is 4.98 Å². The van der Waals surface area contributed by atoms with Gasteiger partial charge in [0.25, 0.3) is 0 Å². The number of nitrogens with zero attached hydrogens (tertiary/aromatic N) is 5. The highest BCUT2D eigenvalue weighted by molar-refractivity contribution is 5.81. The molecule has 2 fully saturated rings. The largest absolute Gasteiger partial charge is 0.378 e. The van der Waals surface area contributed by atoms with Crippen molar-refractivity contribution >= 4 is 28.4 Å². The van der Waals surface area contributed by atoms with Gasteiger partial charge in [-0.25, -0.2) is 4.98 Å². The molecule has 7 heteroatoms. The van der Waals surface area contributed by atoms with Gasteiger partial charge < -0.3 is 19.9 Å². The van der Waals surface area contributed by atoms with E-state index in [4.69, 9.17) is 9.72 Å². The Morgan fingerprint density at radius 1 is 1.00 bits per heavy atom. The highest BCUT2D eigenvalue weighted by Crippen LogP contribution is 2.24. The normalized spacial score (nSPS) is 20.1. The van der Waals surface area contributed by atoms with E-state index in [0.717, 1.165) is 63.6 Å². The highest BCUT2D eigenvalue weighted by Gasteiger charge is 2.22. The van der Waals surface area contributed by atoms with Gasteiger partial charge in [0.2, 0.25) is 5.95 Å². The van der Waals surface area contributed by atoms with Gasteiger partial charge in [0.15, 0.2) is 0 Å². The Morgan fingerprint density at radius 2 is 1.90 bits per heavy atom. The third-order valence-corrected chi connectivity index (χ3v) is 5.67. The molecule has 5 rings (SSSR count). The number of piperidine rings is 1. The topological polar surface area (TPSA) is 66.4 Å². The lowest BCUT2D eigenvalue weighted by atomic mass is 10.0. The van der Waals surface area contributed by atoms with E-state index in [1.807, 2.05) is 24.5 Å². The quantitative estimate of drug-likeness (QED) is 0.735. The molecule has 2 saturated heterocycles. The van der Waals surface area contributed by atoms with Gasteiger partial charge in [0, 0.05) is 43.8 Å². The third-order valence-electron chi connectivity index (χ3n) is 5.67. The lowest BCUT2D eigenvalue weighted by molar-refractivity contribution is 0.122. The van der Waals surface area contributed by atoms with Gasteiger partial charge in [-0.2, -0.15) is 4.98 Å². The molecule has 0 unspecified atom stereocenters. The summed E-state index contributed by atoms with van der Waals surface area (Å²) in [5.41, 5.74) is 2.22. The highest BCUT2D eigenvalue weighted by atomic mass is 16.5. The molecule has 3 aromatic rings. The number of rotatable bonds is 4. The van der Waals surface area contributed by atoms with Crippen molar-refractivity contribution in [1.29, 1.82) is 0 Å². The first-order chi connectivity index (χ1) is 14.3. The average Bonchev–Trinajstić information content (AvgIpc) is 2.80. The fourth-order valence-electron chi connectivity index (χ4n) is 4.13. The maximum Gasteiger partial charge on any atom is 0.224 e. The van der Waals surface area contributed by atoms with E-state index < -0.39 is 0 Å². The van der Waals surface area contributed by atoms with Crippen molar-refractivity contribution in [3.63, 3.8) is 0 Å². The summed E-state index contributed by atoms with van der Waals surface area (Å²) in [4.78, 5) is 18.5. The fourth-order valence-corrected chi connectivity index (χ4v) is 4.13. The van der Waals surface area contributed by atoms with E-state index in [0.29, 0.717) is 12.0 Å². The molecule has 0 spiro atoms. The minimum Gasteiger partial charge on any atom is -0.378 e. The second-order valence-corrected chi connectivity index (χ2v) is 7.65. The van der Waals surface area contributed by atoms with Crippen LogP contribution in [-0.4, -0.2) is 60.4 Å². The number of pyridine rings is 1. The summed E-state index contributed by atoms with van der Waals surface area (Å²) in [5, 5.41) is 4.74. The molecule has 1 N–H and O–H groups in total. The first kappa shape index (κ1) is 18.1. The molecule has 0 saturated carbocycles. The zero-order valence-electron chi connectivity index (χ0n) is 16.5. The van der Waals surface area contributed by atoms with Crippen LogP contribution in [0.4, 0.5) is 17.5 Å². The Labute approximate surface area is 170 Å². The van der Waals surface area contributed by atoms with Gasteiger partial charge in [-0.05, 0) is 31.0 Å². The molecule has 29 heavy (non-hydrogen) atoms. The number of benzene rings is 1. The van der Waals surface area contributed by atoms with E-state index in [1.54, 1.807) is 0 Å². The number of hydrogen-bond acceptors (Lipinski definition) is 7. The monoisotopic (exact) mass is 390 g/mol. The van der Waals surface area contributed by atoms with E-state index >= 15 is 0 Å². The van der Waals surface area contributed by atoms with Crippen LogP contribution in [0.2, 0.25) is 0 Å². The molecule has 7 nitrogen and oxygen atoms in total. The first-order valence-electron chi connectivity index (χ1n) is 10.4. The number of nitrogens with one attached hydrogen (secondary N) is 1. The summed E-state index contributed by atoms with van der Waals surface area (Å²) in [7, 11) is 0. The van der Waals surface area contributed by atoms with Gasteiger partial charge >= 0.3 is 0 Å². The van der Waals surface area contributed by atoms with Crippen molar-refractivity contribution < 1.29 is 4.74 Å². The van der Waals surface area contributed by atoms with E-state index in [-0.39, 0.29) is 0 Å². The molecular weight excluding hydrogens is 364 g/mol. The van der Waals surface area contributed by atoms with E-state index in [9.17, 15) is 0 Å². The van der Waals surface area contributed by atoms with Crippen molar-refractivity contribution in [3.8, 4) is 0 Å². The molecule has 4 heterocycles. The molecule has 2 aliphatic rings. The summed E-state index contributed by atoms with van der Waals surface area (Å²) in [5.74, 6) is 1.68. The van der Waals surface area contributed by atoms with E-state index in [2.05, 4.69) is 49.4 Å². The molecule has 2 aromatic heterocycles. The Balaban J connectivity index is 1.28. The molecule has 0 bridgehead atoms. The summed E-state index contributed by atoms with van der Waals surface area (Å²) >= 11 is 0. The molecule has 2 aliphatic heterocycles. The summed E-state index contributed by atoms with van der Waals surface area (Å²) in [6, 6.07) is 12.8. The number of morpholine rings is 1. The number of hydrogen-bond donors (Lipinski definition) is 1. The van der Waals surface area contributed by atoms with Crippen LogP contribution in [-0.2, 0) is 4.74 Å². The minimum atomic E-state index is 0.315. The van der Waals surface area contributed by atoms with Crippen LogP contribution in [0.5, 0.6) is 0 Å². The zero-order chi connectivity index (χ0) is 19.5. The number of fused-ring (bicyclic) bond motifs is 1. The van der Waals surface area contributed by atoms with Gasteiger partial charge in [0.1, 0.15) is 5.82 Å².